The lowest BCUT2D eigenvalue weighted by Gasteiger charge is -2.37. The van der Waals surface area contributed by atoms with Gasteiger partial charge in [0.15, 0.2) is 0 Å². The number of benzene rings is 2. The molecule has 1 saturated carbocycles. The van der Waals surface area contributed by atoms with E-state index in [1.54, 1.807) is 13.2 Å². The van der Waals surface area contributed by atoms with E-state index in [-0.39, 0.29) is 5.82 Å². The summed E-state index contributed by atoms with van der Waals surface area (Å²) in [6, 6.07) is 13.3. The van der Waals surface area contributed by atoms with Crippen LogP contribution in [-0.2, 0) is 0 Å². The van der Waals surface area contributed by atoms with Gasteiger partial charge in [-0.3, -0.25) is 0 Å². The molecule has 0 heterocycles. The zero-order chi connectivity index (χ0) is 14.8. The van der Waals surface area contributed by atoms with Gasteiger partial charge in [0, 0.05) is 10.5 Å². The SMILES string of the molecule is COc1ccc(Br)cc1NC1CC(c2ccccc2F)C1. The highest BCUT2D eigenvalue weighted by Crippen LogP contribution is 2.41. The Morgan fingerprint density at radius 3 is 2.67 bits per heavy atom. The standard InChI is InChI=1S/C17H17BrFNO/c1-21-17-7-6-12(18)10-16(17)20-13-8-11(9-13)14-4-2-3-5-15(14)19/h2-7,10-11,13,20H,8-9H2,1H3. The van der Waals surface area contributed by atoms with Crippen molar-refractivity contribution in [3.63, 3.8) is 0 Å². The third-order valence-electron chi connectivity index (χ3n) is 4.00. The van der Waals surface area contributed by atoms with Crippen molar-refractivity contribution in [1.82, 2.24) is 0 Å². The van der Waals surface area contributed by atoms with Gasteiger partial charge in [-0.1, -0.05) is 34.1 Å². The Hall–Kier alpha value is -1.55. The lowest BCUT2D eigenvalue weighted by atomic mass is 9.75. The van der Waals surface area contributed by atoms with Crippen LogP contribution >= 0.6 is 15.9 Å². The van der Waals surface area contributed by atoms with Gasteiger partial charge in [0.05, 0.1) is 12.8 Å². The van der Waals surface area contributed by atoms with E-state index in [2.05, 4.69) is 21.2 Å². The maximum absolute atomic E-state index is 13.7. The van der Waals surface area contributed by atoms with Crippen LogP contribution in [0.25, 0.3) is 0 Å². The van der Waals surface area contributed by atoms with Crippen molar-refractivity contribution in [2.75, 3.05) is 12.4 Å². The van der Waals surface area contributed by atoms with Gasteiger partial charge in [-0.25, -0.2) is 4.39 Å². The molecule has 3 rings (SSSR count). The fraction of sp³-hybridized carbons (Fsp3) is 0.294. The second-order valence-corrected chi connectivity index (χ2v) is 6.29. The molecule has 0 radical (unpaired) electrons. The Kier molecular flexibility index (Phi) is 4.15. The first kappa shape index (κ1) is 14.4. The van der Waals surface area contributed by atoms with Gasteiger partial charge in [0.2, 0.25) is 0 Å². The zero-order valence-corrected chi connectivity index (χ0v) is 13.4. The Bertz CT molecular complexity index is 640. The zero-order valence-electron chi connectivity index (χ0n) is 11.8. The summed E-state index contributed by atoms with van der Waals surface area (Å²) in [5.41, 5.74) is 1.81. The number of rotatable bonds is 4. The van der Waals surface area contributed by atoms with E-state index in [4.69, 9.17) is 4.74 Å². The molecule has 2 nitrogen and oxygen atoms in total. The smallest absolute Gasteiger partial charge is 0.142 e. The van der Waals surface area contributed by atoms with Gasteiger partial charge in [-0.05, 0) is 48.6 Å². The topological polar surface area (TPSA) is 21.3 Å². The molecule has 0 aromatic heterocycles. The Morgan fingerprint density at radius 1 is 1.19 bits per heavy atom. The molecule has 1 aliphatic carbocycles. The highest BCUT2D eigenvalue weighted by molar-refractivity contribution is 9.10. The van der Waals surface area contributed by atoms with Crippen LogP contribution in [0.4, 0.5) is 10.1 Å². The van der Waals surface area contributed by atoms with Crippen LogP contribution in [0, 0.1) is 5.82 Å². The van der Waals surface area contributed by atoms with Crippen molar-refractivity contribution in [2.45, 2.75) is 24.8 Å². The fourth-order valence-electron chi connectivity index (χ4n) is 2.81. The van der Waals surface area contributed by atoms with E-state index in [0.29, 0.717) is 12.0 Å². The molecule has 0 atom stereocenters. The molecule has 0 bridgehead atoms. The summed E-state index contributed by atoms with van der Waals surface area (Å²) in [6.07, 6.45) is 1.88. The summed E-state index contributed by atoms with van der Waals surface area (Å²) in [5.74, 6) is 1.04. The van der Waals surface area contributed by atoms with E-state index >= 15 is 0 Å². The number of methoxy groups -OCH3 is 1. The number of hydrogen-bond acceptors (Lipinski definition) is 2. The minimum Gasteiger partial charge on any atom is -0.495 e. The van der Waals surface area contributed by atoms with Crippen LogP contribution in [0.5, 0.6) is 5.75 Å². The highest BCUT2D eigenvalue weighted by Gasteiger charge is 2.32. The molecule has 21 heavy (non-hydrogen) atoms. The summed E-state index contributed by atoms with van der Waals surface area (Å²) in [5, 5.41) is 3.48. The molecule has 2 aromatic rings. The van der Waals surface area contributed by atoms with Crippen LogP contribution in [0.2, 0.25) is 0 Å². The second-order valence-electron chi connectivity index (χ2n) is 5.38. The Morgan fingerprint density at radius 2 is 1.95 bits per heavy atom. The van der Waals surface area contributed by atoms with Crippen molar-refractivity contribution in [3.8, 4) is 5.75 Å². The number of hydrogen-bond donors (Lipinski definition) is 1. The van der Waals surface area contributed by atoms with E-state index in [9.17, 15) is 4.39 Å². The molecular formula is C17H17BrFNO. The predicted molar refractivity (Wildman–Crippen MR) is 86.5 cm³/mol. The van der Waals surface area contributed by atoms with Gasteiger partial charge in [-0.15, -0.1) is 0 Å². The summed E-state index contributed by atoms with van der Waals surface area (Å²) >= 11 is 3.47. The fourth-order valence-corrected chi connectivity index (χ4v) is 3.17. The molecule has 110 valence electrons. The molecule has 4 heteroatoms. The van der Waals surface area contributed by atoms with E-state index in [0.717, 1.165) is 34.3 Å². The largest absolute Gasteiger partial charge is 0.495 e. The maximum Gasteiger partial charge on any atom is 0.142 e. The molecular weight excluding hydrogens is 333 g/mol. The summed E-state index contributed by atoms with van der Waals surface area (Å²) in [7, 11) is 1.66. The van der Waals surface area contributed by atoms with Gasteiger partial charge < -0.3 is 10.1 Å². The van der Waals surface area contributed by atoms with Crippen molar-refractivity contribution in [3.05, 3.63) is 58.3 Å². The summed E-state index contributed by atoms with van der Waals surface area (Å²) in [4.78, 5) is 0. The molecule has 0 spiro atoms. The Balaban J connectivity index is 1.65. The quantitative estimate of drug-likeness (QED) is 0.842. The molecule has 0 amide bonds. The summed E-state index contributed by atoms with van der Waals surface area (Å²) in [6.45, 7) is 0. The molecule has 0 unspecified atom stereocenters. The summed E-state index contributed by atoms with van der Waals surface area (Å²) < 4.78 is 20.1. The molecule has 2 aromatic carbocycles. The maximum atomic E-state index is 13.7. The highest BCUT2D eigenvalue weighted by atomic mass is 79.9. The average Bonchev–Trinajstić information content (AvgIpc) is 2.44. The lowest BCUT2D eigenvalue weighted by Crippen LogP contribution is -2.34. The number of nitrogens with one attached hydrogen (secondary N) is 1. The van der Waals surface area contributed by atoms with E-state index in [1.807, 2.05) is 30.3 Å². The molecule has 1 N–H and O–H groups in total. The normalized spacial score (nSPS) is 20.7. The number of anilines is 1. The molecule has 0 aliphatic heterocycles. The van der Waals surface area contributed by atoms with Crippen LogP contribution in [-0.4, -0.2) is 13.2 Å². The van der Waals surface area contributed by atoms with Crippen molar-refractivity contribution >= 4 is 21.6 Å². The van der Waals surface area contributed by atoms with Gasteiger partial charge in [0.1, 0.15) is 11.6 Å². The first-order valence-electron chi connectivity index (χ1n) is 7.02. The van der Waals surface area contributed by atoms with Crippen molar-refractivity contribution < 1.29 is 9.13 Å². The first-order chi connectivity index (χ1) is 10.2. The lowest BCUT2D eigenvalue weighted by molar-refractivity contribution is 0.360. The van der Waals surface area contributed by atoms with Gasteiger partial charge in [0.25, 0.3) is 0 Å². The van der Waals surface area contributed by atoms with Crippen molar-refractivity contribution in [1.29, 1.82) is 0 Å². The minimum absolute atomic E-state index is 0.0963. The first-order valence-corrected chi connectivity index (χ1v) is 7.81. The van der Waals surface area contributed by atoms with Gasteiger partial charge in [-0.2, -0.15) is 0 Å². The van der Waals surface area contributed by atoms with Gasteiger partial charge >= 0.3 is 0 Å². The molecule has 0 saturated heterocycles. The molecule has 1 fully saturated rings. The average molecular weight is 350 g/mol. The minimum atomic E-state index is -0.0963. The molecule has 1 aliphatic rings. The number of ether oxygens (including phenoxy) is 1. The van der Waals surface area contributed by atoms with E-state index < -0.39 is 0 Å². The van der Waals surface area contributed by atoms with Crippen LogP contribution < -0.4 is 10.1 Å². The monoisotopic (exact) mass is 349 g/mol. The third-order valence-corrected chi connectivity index (χ3v) is 4.50. The van der Waals surface area contributed by atoms with Crippen LogP contribution in [0.15, 0.2) is 46.9 Å². The number of halogens is 2. The van der Waals surface area contributed by atoms with E-state index in [1.165, 1.54) is 6.07 Å². The van der Waals surface area contributed by atoms with Crippen molar-refractivity contribution in [2.24, 2.45) is 0 Å². The third kappa shape index (κ3) is 3.05. The van der Waals surface area contributed by atoms with Crippen LogP contribution in [0.1, 0.15) is 24.3 Å². The van der Waals surface area contributed by atoms with Crippen LogP contribution in [0.3, 0.4) is 0 Å². The second kappa shape index (κ2) is 6.06. The Labute approximate surface area is 132 Å². The predicted octanol–water partition coefficient (Wildman–Crippen LogP) is 4.95.